The molecule has 2 fully saturated rings. The number of benzene rings is 2. The number of carbonyl (C=O) groups is 4. The number of aromatic hydroxyl groups is 1. The summed E-state index contributed by atoms with van der Waals surface area (Å²) in [6.07, 6.45) is -4.56. The second kappa shape index (κ2) is 18.9. The van der Waals surface area contributed by atoms with Crippen molar-refractivity contribution in [2.75, 3.05) is 27.3 Å². The van der Waals surface area contributed by atoms with Crippen LogP contribution in [0.2, 0.25) is 0 Å². The molecule has 17 heteroatoms. The molecule has 2 amide bonds. The van der Waals surface area contributed by atoms with Gasteiger partial charge in [-0.05, 0) is 74.2 Å². The number of alkyl halides is 6. The minimum Gasteiger partial charge on any atom is -0.508 e. The van der Waals surface area contributed by atoms with E-state index in [2.05, 4.69) is 17.9 Å². The lowest BCUT2D eigenvalue weighted by atomic mass is 9.82. The molecular formula is C35H40F6N2O9. The average Bonchev–Trinajstić information content (AvgIpc) is 3.09. The van der Waals surface area contributed by atoms with Gasteiger partial charge in [-0.3, -0.25) is 9.69 Å². The predicted octanol–water partition coefficient (Wildman–Crippen LogP) is 7.49. The number of methoxy groups -OCH3 is 2. The Balaban J connectivity index is 0.000000310. The summed E-state index contributed by atoms with van der Waals surface area (Å²) in [5, 5.41) is 18.5. The number of carboxylic acid groups (broad SMARTS) is 1. The van der Waals surface area contributed by atoms with Crippen molar-refractivity contribution >= 4 is 23.9 Å². The monoisotopic (exact) mass is 746 g/mol. The number of ether oxygens (including phenoxy) is 3. The number of likely N-dealkylation sites (tertiary alicyclic amines) is 2. The van der Waals surface area contributed by atoms with Crippen LogP contribution in [0.3, 0.4) is 0 Å². The SMILES string of the molecule is C=CCC1C(=O)CCCN1C(=O)OC.C=CCC1N(C(=O)OC)CCCC1(Oc1ccc(C(F)(F)F)cc1)C(=O)O.Oc1ccc(C(F)(F)F)cc1. The van der Waals surface area contributed by atoms with Gasteiger partial charge >= 0.3 is 30.5 Å². The number of phenolic OH excluding ortho intramolecular Hbond substituents is 1. The number of hydrogen-bond acceptors (Lipinski definition) is 8. The first-order valence-electron chi connectivity index (χ1n) is 15.8. The van der Waals surface area contributed by atoms with Gasteiger partial charge in [0.15, 0.2) is 5.78 Å². The fraction of sp³-hybridized carbons (Fsp3) is 0.429. The molecule has 0 radical (unpaired) electrons. The molecule has 0 aromatic heterocycles. The van der Waals surface area contributed by atoms with Crippen molar-refractivity contribution in [3.63, 3.8) is 0 Å². The van der Waals surface area contributed by atoms with E-state index < -0.39 is 53.3 Å². The van der Waals surface area contributed by atoms with Crippen LogP contribution >= 0.6 is 0 Å². The second-order valence-corrected chi connectivity index (χ2v) is 11.4. The minimum absolute atomic E-state index is 0.0359. The van der Waals surface area contributed by atoms with E-state index in [-0.39, 0.29) is 42.7 Å². The standard InChI is InChI=1S/C18H20F3NO5.C10H15NO3.C7H5F3O/c1-3-5-14-17(15(23)24,10-4-11-22(14)16(25)26-2)27-13-8-6-12(7-9-13)18(19,20)21;1-3-5-8-9(12)6-4-7-11(8)10(13)14-2;8-7(9,10)5-1-3-6(11)4-2-5/h3,6-9,14H,1,4-5,10-11H2,2H3,(H,23,24);3,8H,1,4-7H2,2H3;1-4,11H. The van der Waals surface area contributed by atoms with Crippen LogP contribution in [0.1, 0.15) is 49.7 Å². The van der Waals surface area contributed by atoms with Crippen molar-refractivity contribution in [2.45, 2.75) is 68.6 Å². The van der Waals surface area contributed by atoms with Gasteiger partial charge in [-0.1, -0.05) is 12.2 Å². The number of carboxylic acids is 1. The predicted molar refractivity (Wildman–Crippen MR) is 174 cm³/mol. The number of hydrogen-bond donors (Lipinski definition) is 2. The Hall–Kier alpha value is -5.22. The Labute approximate surface area is 296 Å². The first kappa shape index (κ1) is 42.9. The molecule has 2 heterocycles. The Morgan fingerprint density at radius 3 is 1.77 bits per heavy atom. The molecule has 2 aromatic rings. The zero-order valence-corrected chi connectivity index (χ0v) is 28.4. The summed E-state index contributed by atoms with van der Waals surface area (Å²) in [6, 6.07) is 6.13. The summed E-state index contributed by atoms with van der Waals surface area (Å²) in [5.41, 5.74) is -3.46. The van der Waals surface area contributed by atoms with E-state index >= 15 is 0 Å². The molecule has 286 valence electrons. The first-order valence-corrected chi connectivity index (χ1v) is 15.8. The van der Waals surface area contributed by atoms with Gasteiger partial charge in [0.05, 0.1) is 37.4 Å². The minimum atomic E-state index is -4.51. The van der Waals surface area contributed by atoms with E-state index in [9.17, 15) is 50.6 Å². The van der Waals surface area contributed by atoms with Crippen LogP contribution in [-0.4, -0.2) is 88.9 Å². The van der Waals surface area contributed by atoms with Gasteiger partial charge in [0.25, 0.3) is 0 Å². The van der Waals surface area contributed by atoms with E-state index in [1.807, 2.05) is 0 Å². The summed E-state index contributed by atoms with van der Waals surface area (Å²) in [5.74, 6) is -1.42. The highest BCUT2D eigenvalue weighted by atomic mass is 19.4. The Kier molecular flexibility index (Phi) is 15.6. The molecule has 3 unspecified atom stereocenters. The lowest BCUT2D eigenvalue weighted by Gasteiger charge is -2.46. The van der Waals surface area contributed by atoms with Crippen LogP contribution in [0.15, 0.2) is 73.8 Å². The molecule has 11 nitrogen and oxygen atoms in total. The summed E-state index contributed by atoms with van der Waals surface area (Å²) < 4.78 is 88.7. The Morgan fingerprint density at radius 2 is 1.31 bits per heavy atom. The highest BCUT2D eigenvalue weighted by molar-refractivity contribution is 5.88. The summed E-state index contributed by atoms with van der Waals surface area (Å²) in [6.45, 7) is 8.04. The van der Waals surface area contributed by atoms with Crippen LogP contribution in [0.25, 0.3) is 0 Å². The fourth-order valence-electron chi connectivity index (χ4n) is 5.55. The molecule has 2 aromatic carbocycles. The Bertz CT molecular complexity index is 1530. The van der Waals surface area contributed by atoms with Crippen LogP contribution in [0, 0.1) is 0 Å². The third-order valence-corrected chi connectivity index (χ3v) is 8.07. The number of ketones is 1. The van der Waals surface area contributed by atoms with E-state index in [0.717, 1.165) is 55.0 Å². The highest BCUT2D eigenvalue weighted by Gasteiger charge is 2.54. The Morgan fingerprint density at radius 1 is 0.827 bits per heavy atom. The van der Waals surface area contributed by atoms with Crippen molar-refractivity contribution in [3.8, 4) is 11.5 Å². The maximum absolute atomic E-state index is 12.7. The van der Waals surface area contributed by atoms with Crippen molar-refractivity contribution < 1.29 is 69.9 Å². The van der Waals surface area contributed by atoms with E-state index in [1.54, 1.807) is 6.08 Å². The van der Waals surface area contributed by atoms with Gasteiger partial charge in [0.2, 0.25) is 5.60 Å². The zero-order valence-electron chi connectivity index (χ0n) is 28.4. The van der Waals surface area contributed by atoms with Gasteiger partial charge in [-0.15, -0.1) is 13.2 Å². The number of phenols is 1. The van der Waals surface area contributed by atoms with Gasteiger partial charge < -0.3 is 29.3 Å². The van der Waals surface area contributed by atoms with Crippen molar-refractivity contribution in [3.05, 3.63) is 85.0 Å². The third-order valence-electron chi connectivity index (χ3n) is 8.07. The topological polar surface area (TPSA) is 143 Å². The number of piperidine rings is 2. The summed E-state index contributed by atoms with van der Waals surface area (Å²) >= 11 is 0. The van der Waals surface area contributed by atoms with Crippen molar-refractivity contribution in [2.24, 2.45) is 0 Å². The van der Waals surface area contributed by atoms with Gasteiger partial charge in [0, 0.05) is 25.9 Å². The van der Waals surface area contributed by atoms with Gasteiger partial charge in [0.1, 0.15) is 11.5 Å². The summed E-state index contributed by atoms with van der Waals surface area (Å²) in [4.78, 5) is 49.8. The first-order chi connectivity index (χ1) is 24.4. The van der Waals surface area contributed by atoms with Crippen molar-refractivity contribution in [1.29, 1.82) is 0 Å². The molecule has 0 aliphatic carbocycles. The van der Waals surface area contributed by atoms with Gasteiger partial charge in [-0.25, -0.2) is 14.4 Å². The molecule has 2 aliphatic rings. The largest absolute Gasteiger partial charge is 0.508 e. The fourth-order valence-corrected chi connectivity index (χ4v) is 5.55. The van der Waals surface area contributed by atoms with Crippen LogP contribution in [0.5, 0.6) is 11.5 Å². The number of carbonyl (C=O) groups excluding carboxylic acids is 3. The van der Waals surface area contributed by atoms with E-state index in [0.29, 0.717) is 25.8 Å². The van der Waals surface area contributed by atoms with Crippen LogP contribution in [-0.2, 0) is 31.4 Å². The second-order valence-electron chi connectivity index (χ2n) is 11.4. The summed E-state index contributed by atoms with van der Waals surface area (Å²) in [7, 11) is 2.51. The maximum atomic E-state index is 12.7. The number of amides is 2. The van der Waals surface area contributed by atoms with Crippen LogP contribution in [0.4, 0.5) is 35.9 Å². The lowest BCUT2D eigenvalue weighted by molar-refractivity contribution is -0.166. The lowest BCUT2D eigenvalue weighted by Crippen LogP contribution is -2.65. The molecule has 4 rings (SSSR count). The number of rotatable bonds is 7. The maximum Gasteiger partial charge on any atom is 0.416 e. The molecule has 0 saturated carbocycles. The average molecular weight is 747 g/mol. The van der Waals surface area contributed by atoms with E-state index in [4.69, 9.17) is 14.6 Å². The molecule has 3 atom stereocenters. The van der Waals surface area contributed by atoms with E-state index in [1.165, 1.54) is 30.1 Å². The zero-order chi connectivity index (χ0) is 39.3. The molecule has 2 saturated heterocycles. The van der Waals surface area contributed by atoms with Crippen LogP contribution < -0.4 is 4.74 Å². The normalized spacial score (nSPS) is 20.2. The molecule has 0 bridgehead atoms. The van der Waals surface area contributed by atoms with Gasteiger partial charge in [-0.2, -0.15) is 26.3 Å². The van der Waals surface area contributed by atoms with Crippen molar-refractivity contribution in [1.82, 2.24) is 9.80 Å². The quantitative estimate of drug-likeness (QED) is 0.218. The molecule has 2 aliphatic heterocycles. The number of nitrogens with zero attached hydrogens (tertiary/aromatic N) is 2. The number of halogens is 6. The number of Topliss-reactive ketones (excluding diaryl/α,β-unsaturated/α-hetero) is 1. The molecule has 52 heavy (non-hydrogen) atoms. The number of aliphatic carboxylic acids is 1. The molecular weight excluding hydrogens is 706 g/mol. The smallest absolute Gasteiger partial charge is 0.416 e. The third kappa shape index (κ3) is 11.4. The molecule has 0 spiro atoms. The highest BCUT2D eigenvalue weighted by Crippen LogP contribution is 2.37. The molecule has 2 N–H and O–H groups in total.